The number of esters is 2. The smallest absolute Gasteiger partial charge is 0.310 e. The van der Waals surface area contributed by atoms with Crippen molar-refractivity contribution in [2.24, 2.45) is 23.7 Å². The van der Waals surface area contributed by atoms with E-state index >= 15 is 28.8 Å². The van der Waals surface area contributed by atoms with E-state index in [0.717, 1.165) is 86.9 Å². The minimum atomic E-state index is -1.34. The van der Waals surface area contributed by atoms with Crippen molar-refractivity contribution in [1.82, 2.24) is 40.9 Å². The molecular weight excluding hydrogens is 1410 g/mol. The molecule has 8 bridgehead atoms. The van der Waals surface area contributed by atoms with Gasteiger partial charge in [0, 0.05) is 88.9 Å². The molecule has 1 saturated heterocycles. The van der Waals surface area contributed by atoms with E-state index in [-0.39, 0.29) is 75.0 Å². The third kappa shape index (κ3) is 16.4. The van der Waals surface area contributed by atoms with Crippen LogP contribution in [0.1, 0.15) is 125 Å². The van der Waals surface area contributed by atoms with E-state index in [1.54, 1.807) is 47.8 Å². The Balaban J connectivity index is 0.706. The van der Waals surface area contributed by atoms with Gasteiger partial charge in [-0.25, -0.2) is 0 Å². The molecule has 4 aliphatic carbocycles. The second-order valence-electron chi connectivity index (χ2n) is 32.4. The molecule has 0 aromatic heterocycles. The van der Waals surface area contributed by atoms with Gasteiger partial charge in [-0.2, -0.15) is 0 Å². The van der Waals surface area contributed by atoms with Crippen molar-refractivity contribution in [3.63, 3.8) is 0 Å². The molecule has 580 valence electrons. The van der Waals surface area contributed by atoms with Crippen molar-refractivity contribution < 1.29 is 57.4 Å². The number of ether oxygens (including phenoxy) is 2. The normalized spacial score (nSPS) is 25.4. The maximum absolute atomic E-state index is 15.3. The number of nitrogens with one attached hydrogen (secondary N) is 4. The number of nitrogens with zero attached hydrogens (tertiary/aromatic N) is 4. The summed E-state index contributed by atoms with van der Waals surface area (Å²) in [6, 6.07) is 48.9. The monoisotopic (exact) mass is 1510 g/mol. The van der Waals surface area contributed by atoms with Crippen LogP contribution in [0.3, 0.4) is 0 Å². The highest BCUT2D eigenvalue weighted by Gasteiger charge is 2.43. The molecule has 1 aliphatic heterocycles. The van der Waals surface area contributed by atoms with Gasteiger partial charge >= 0.3 is 11.9 Å². The third-order valence-electron chi connectivity index (χ3n) is 25.4. The number of likely N-dealkylation sites (N-methyl/N-ethyl adjacent to an activating group) is 4. The van der Waals surface area contributed by atoms with E-state index in [4.69, 9.17) is 9.47 Å². The van der Waals surface area contributed by atoms with Crippen molar-refractivity contribution >= 4 is 124 Å². The Morgan fingerprint density at radius 2 is 0.598 bits per heavy atom. The van der Waals surface area contributed by atoms with Gasteiger partial charge in [0.05, 0.1) is 12.8 Å². The Bertz CT molecular complexity index is 4840. The third-order valence-corrected chi connectivity index (χ3v) is 25.4. The van der Waals surface area contributed by atoms with Gasteiger partial charge in [0.1, 0.15) is 37.4 Å². The fourth-order valence-electron chi connectivity index (χ4n) is 19.0. The molecule has 4 saturated carbocycles. The number of amides is 8. The number of carbonyl (C=O) groups is 10. The topological polar surface area (TPSA) is 250 Å². The number of hydrogen-bond acceptors (Lipinski definition) is 12. The second kappa shape index (κ2) is 33.5. The number of fused-ring (bicyclic) bond motifs is 8. The summed E-state index contributed by atoms with van der Waals surface area (Å²) >= 11 is 0. The summed E-state index contributed by atoms with van der Waals surface area (Å²) in [7, 11) is 6.70. The van der Waals surface area contributed by atoms with Gasteiger partial charge in [-0.1, -0.05) is 196 Å². The van der Waals surface area contributed by atoms with Crippen LogP contribution in [0.2, 0.25) is 0 Å². The van der Waals surface area contributed by atoms with Crippen LogP contribution >= 0.6 is 0 Å². The molecule has 20 nitrogen and oxygen atoms in total. The van der Waals surface area contributed by atoms with E-state index in [1.807, 2.05) is 109 Å². The molecule has 15 rings (SSSR count). The van der Waals surface area contributed by atoms with Gasteiger partial charge in [-0.3, -0.25) is 47.9 Å². The molecule has 20 heteroatoms. The van der Waals surface area contributed by atoms with Gasteiger partial charge in [-0.15, -0.1) is 0 Å². The molecule has 4 N–H and O–H groups in total. The van der Waals surface area contributed by atoms with Gasteiger partial charge in [0.2, 0.25) is 47.3 Å². The van der Waals surface area contributed by atoms with Crippen molar-refractivity contribution in [3.05, 3.63) is 192 Å². The molecule has 1 heterocycles. The highest BCUT2D eigenvalue weighted by Crippen LogP contribution is 2.40. The molecular formula is C92H100N8O12. The van der Waals surface area contributed by atoms with E-state index in [9.17, 15) is 19.2 Å². The van der Waals surface area contributed by atoms with E-state index in [0.29, 0.717) is 77.0 Å². The molecule has 10 aromatic rings. The van der Waals surface area contributed by atoms with Crippen molar-refractivity contribution in [2.75, 3.05) is 41.4 Å². The predicted molar refractivity (Wildman–Crippen MR) is 432 cm³/mol. The molecule has 5 fully saturated rings. The average molecular weight is 1510 g/mol. The van der Waals surface area contributed by atoms with Crippen LogP contribution in [0, 0.1) is 23.7 Å². The summed E-state index contributed by atoms with van der Waals surface area (Å²) in [5.41, 5.74) is 3.13. The van der Waals surface area contributed by atoms with Crippen LogP contribution < -0.4 is 21.3 Å². The predicted octanol–water partition coefficient (Wildman–Crippen LogP) is 11.9. The summed E-state index contributed by atoms with van der Waals surface area (Å²) in [6.45, 7) is -0.959. The standard InChI is InChI=1S/C92H100N8O12/c1-97-69-29-15-27-67(49-69)87(105)95-77(53-111-79(101)51-63-39-37-61-35-33-57-21-11-23-59-41-43-73(63)83(61)81(57)59)91(109)100(4)72-32-14-26-66(48-72)86(104)94-76(46-56-19-9-6-10-20-56)90(108)98(2)70-30-16-28-68(50-70)88(106)96-78(54-112-80(102)52-64-40-38-62-36-34-58-22-12-24-60-42-44-74(64)84(62)82(58)60)92(110)99(3)71-31-13-25-65(47-71)85(103)93-75(89(97)107)45-55-17-7-5-8-18-55/h5-12,17-24,33-44,65-72,75-78H,13-16,25-32,45-54H2,1-4H3,(H,93,103)(H,94,104)(H,95,105)(H,96,106)/t65-,66+,67+,68-,69-,70-,71-,72-,75+,76+,77+,78+/m0/s1. The Morgan fingerprint density at radius 3 is 0.920 bits per heavy atom. The Kier molecular flexibility index (Phi) is 22.8. The first kappa shape index (κ1) is 76.4. The van der Waals surface area contributed by atoms with E-state index in [2.05, 4.69) is 81.9 Å². The maximum Gasteiger partial charge on any atom is 0.310 e. The summed E-state index contributed by atoms with van der Waals surface area (Å²) in [5, 5.41) is 24.9. The van der Waals surface area contributed by atoms with Crippen molar-refractivity contribution in [2.45, 2.75) is 177 Å². The zero-order valence-corrected chi connectivity index (χ0v) is 64.3. The lowest BCUT2D eigenvalue weighted by Crippen LogP contribution is -2.57. The van der Waals surface area contributed by atoms with Gasteiger partial charge < -0.3 is 50.3 Å². The number of hydrogen-bond donors (Lipinski definition) is 4. The first-order chi connectivity index (χ1) is 54.3. The maximum atomic E-state index is 15.3. The number of benzene rings is 10. The molecule has 8 amide bonds. The average Bonchev–Trinajstić information content (AvgIpc) is 0.744. The molecule has 0 radical (unpaired) electrons. The van der Waals surface area contributed by atoms with E-state index < -0.39 is 121 Å². The van der Waals surface area contributed by atoms with Gasteiger partial charge in [0.25, 0.3) is 0 Å². The van der Waals surface area contributed by atoms with Crippen LogP contribution in [0.15, 0.2) is 170 Å². The minimum absolute atomic E-state index is 0.106. The fourth-order valence-corrected chi connectivity index (χ4v) is 19.0. The van der Waals surface area contributed by atoms with Crippen molar-refractivity contribution in [3.8, 4) is 0 Å². The highest BCUT2D eigenvalue weighted by molar-refractivity contribution is 6.25. The zero-order chi connectivity index (χ0) is 77.8. The molecule has 10 aromatic carbocycles. The number of carbonyl (C=O) groups excluding carboxylic acids is 10. The Morgan fingerprint density at radius 1 is 0.321 bits per heavy atom. The van der Waals surface area contributed by atoms with Crippen LogP contribution in [-0.4, -0.2) is 169 Å². The van der Waals surface area contributed by atoms with Gasteiger partial charge in [0.15, 0.2) is 0 Å². The largest absolute Gasteiger partial charge is 0.463 e. The molecule has 112 heavy (non-hydrogen) atoms. The molecule has 0 spiro atoms. The first-order valence-corrected chi connectivity index (χ1v) is 40.3. The van der Waals surface area contributed by atoms with Crippen LogP contribution in [0.5, 0.6) is 0 Å². The summed E-state index contributed by atoms with van der Waals surface area (Å²) in [5.74, 6) is -7.07. The lowest BCUT2D eigenvalue weighted by molar-refractivity contribution is -0.149. The SMILES string of the molecule is CN1C(=O)[C@@H](COC(=O)Cc2ccc3ccc4cccc5ccc2c3c45)NC(=O)[C@@H]2CCC[C@@H](C2)N(C)C(=O)[C@@H](Cc2ccccc2)NC(=O)[C@H]2CCC[C@@H](C2)N(C)C(=O)[C@@H](COC(=O)Cc2ccc3ccc4cccc5ccc2c3c45)NC(=O)[C@H]2CCC[C@@H](C2)N(C)C(=O)[C@@H](Cc2ccccc2)NC(=O)[C@@H]2CCC[C@H]1C2. The fraction of sp³-hybridized carbons (Fsp3) is 0.413. The highest BCUT2D eigenvalue weighted by atomic mass is 16.5. The minimum Gasteiger partial charge on any atom is -0.463 e. The van der Waals surface area contributed by atoms with Gasteiger partial charge in [-0.05, 0) is 164 Å². The summed E-state index contributed by atoms with van der Waals surface area (Å²) < 4.78 is 12.2. The zero-order valence-electron chi connectivity index (χ0n) is 64.3. The van der Waals surface area contributed by atoms with Crippen LogP contribution in [-0.2, 0) is 83.1 Å². The lowest BCUT2D eigenvalue weighted by Gasteiger charge is -2.39. The summed E-state index contributed by atoms with van der Waals surface area (Å²) in [6.07, 6.45) is 7.38. The van der Waals surface area contributed by atoms with Crippen LogP contribution in [0.4, 0.5) is 0 Å². The molecule has 0 unspecified atom stereocenters. The second-order valence-corrected chi connectivity index (χ2v) is 32.4. The van der Waals surface area contributed by atoms with Crippen LogP contribution in [0.25, 0.3) is 64.6 Å². The lowest BCUT2D eigenvalue weighted by atomic mass is 9.83. The molecule has 5 aliphatic rings. The quantitative estimate of drug-likeness (QED) is 0.0658. The Hall–Kier alpha value is -11.0. The van der Waals surface area contributed by atoms with E-state index in [1.165, 1.54) is 0 Å². The first-order valence-electron chi connectivity index (χ1n) is 40.3. The molecule has 12 atom stereocenters. The van der Waals surface area contributed by atoms with Crippen molar-refractivity contribution in [1.29, 1.82) is 0 Å². The number of rotatable bonds is 12. The Labute approximate surface area is 652 Å². The summed E-state index contributed by atoms with van der Waals surface area (Å²) in [4.78, 5) is 156.